The van der Waals surface area contributed by atoms with Crippen LogP contribution in [0.15, 0.2) is 61.2 Å². The number of hydrogen-bond acceptors (Lipinski definition) is 8. The van der Waals surface area contributed by atoms with Crippen molar-refractivity contribution in [2.45, 2.75) is 58.3 Å². The van der Waals surface area contributed by atoms with Gasteiger partial charge in [-0.1, -0.05) is 55.8 Å². The van der Waals surface area contributed by atoms with E-state index in [1.165, 1.54) is 12.4 Å². The van der Waals surface area contributed by atoms with Crippen molar-refractivity contribution in [3.05, 3.63) is 88.6 Å². The first-order chi connectivity index (χ1) is 21.8. The lowest BCUT2D eigenvalue weighted by molar-refractivity contribution is -0.182. The van der Waals surface area contributed by atoms with Crippen molar-refractivity contribution >= 4 is 33.9 Å². The molecule has 0 saturated heterocycles. The molecular formula is C33H31ClF3N9. The highest BCUT2D eigenvalue weighted by Crippen LogP contribution is 2.55. The van der Waals surface area contributed by atoms with Crippen LogP contribution in [0.2, 0.25) is 5.02 Å². The second-order valence-electron chi connectivity index (χ2n) is 12.8. The number of alkyl halides is 3. The lowest BCUT2D eigenvalue weighted by atomic mass is 9.92. The van der Waals surface area contributed by atoms with Gasteiger partial charge in [0.1, 0.15) is 11.8 Å². The number of nitriles is 1. The van der Waals surface area contributed by atoms with E-state index in [0.29, 0.717) is 45.1 Å². The van der Waals surface area contributed by atoms with E-state index in [4.69, 9.17) is 11.6 Å². The molecule has 0 aliphatic heterocycles. The summed E-state index contributed by atoms with van der Waals surface area (Å²) in [6, 6.07) is 12.6. The highest BCUT2D eigenvalue weighted by molar-refractivity contribution is 6.35. The van der Waals surface area contributed by atoms with Crippen molar-refractivity contribution in [2.24, 2.45) is 5.41 Å². The molecule has 1 atom stereocenters. The van der Waals surface area contributed by atoms with E-state index in [9.17, 15) is 18.4 Å². The minimum absolute atomic E-state index is 0.0558. The van der Waals surface area contributed by atoms with Gasteiger partial charge in [0.15, 0.2) is 5.54 Å². The second kappa shape index (κ2) is 11.6. The third kappa shape index (κ3) is 5.83. The van der Waals surface area contributed by atoms with E-state index in [-0.39, 0.29) is 18.3 Å². The minimum atomic E-state index is -4.46. The number of aromatic nitrogens is 6. The number of nitrogens with one attached hydrogen (secondary N) is 2. The Morgan fingerprint density at radius 1 is 1.11 bits per heavy atom. The van der Waals surface area contributed by atoms with Crippen LogP contribution in [-0.4, -0.2) is 42.9 Å². The monoisotopic (exact) mass is 645 g/mol. The Balaban J connectivity index is 1.49. The maximum absolute atomic E-state index is 14.0. The lowest BCUT2D eigenvalue weighted by Gasteiger charge is -2.24. The Morgan fingerprint density at radius 3 is 2.54 bits per heavy atom. The molecule has 1 fully saturated rings. The summed E-state index contributed by atoms with van der Waals surface area (Å²) < 4.78 is 43.0. The van der Waals surface area contributed by atoms with Gasteiger partial charge in [-0.15, -0.1) is 5.10 Å². The van der Waals surface area contributed by atoms with E-state index in [1.807, 2.05) is 37.3 Å². The quantitative estimate of drug-likeness (QED) is 0.175. The molecule has 0 spiro atoms. The molecule has 0 amide bonds. The van der Waals surface area contributed by atoms with Crippen LogP contribution < -0.4 is 10.6 Å². The zero-order valence-corrected chi connectivity index (χ0v) is 26.4. The van der Waals surface area contributed by atoms with Crippen molar-refractivity contribution < 1.29 is 13.2 Å². The van der Waals surface area contributed by atoms with Crippen LogP contribution in [0.25, 0.3) is 22.0 Å². The van der Waals surface area contributed by atoms with Gasteiger partial charge in [0.25, 0.3) is 0 Å². The minimum Gasteiger partial charge on any atom is -0.383 e. The van der Waals surface area contributed by atoms with Crippen LogP contribution >= 0.6 is 11.6 Å². The summed E-state index contributed by atoms with van der Waals surface area (Å²) in [4.78, 5) is 4.45. The smallest absolute Gasteiger partial charge is 0.383 e. The average Bonchev–Trinajstić information content (AvgIpc) is 3.70. The zero-order valence-electron chi connectivity index (χ0n) is 25.6. The van der Waals surface area contributed by atoms with Crippen LogP contribution in [-0.2, 0) is 5.54 Å². The fraction of sp³-hybridized carbons (Fsp3) is 0.333. The molecule has 46 heavy (non-hydrogen) atoms. The van der Waals surface area contributed by atoms with Gasteiger partial charge < -0.3 is 10.6 Å². The molecule has 3 heterocycles. The molecule has 1 aliphatic carbocycles. The number of pyridine rings is 1. The number of benzene rings is 2. The summed E-state index contributed by atoms with van der Waals surface area (Å²) in [5.74, 6) is 0. The highest BCUT2D eigenvalue weighted by Gasteiger charge is 2.66. The highest BCUT2D eigenvalue weighted by atomic mass is 35.5. The Hall–Kier alpha value is -4.76. The maximum Gasteiger partial charge on any atom is 0.413 e. The van der Waals surface area contributed by atoms with Gasteiger partial charge in [-0.25, -0.2) is 4.68 Å². The van der Waals surface area contributed by atoms with Gasteiger partial charge >= 0.3 is 6.18 Å². The Kier molecular flexibility index (Phi) is 7.84. The summed E-state index contributed by atoms with van der Waals surface area (Å²) in [7, 11) is 0. The Morgan fingerprint density at radius 2 is 1.89 bits per heavy atom. The van der Waals surface area contributed by atoms with Crippen LogP contribution in [0.1, 0.15) is 62.0 Å². The number of halogens is 4. The lowest BCUT2D eigenvalue weighted by Crippen LogP contribution is -2.35. The van der Waals surface area contributed by atoms with Gasteiger partial charge in [0, 0.05) is 29.4 Å². The molecule has 6 rings (SSSR count). The Labute approximate surface area is 268 Å². The van der Waals surface area contributed by atoms with Crippen molar-refractivity contribution in [3.8, 4) is 17.2 Å². The SMILES string of the molecule is Cc1c(-c2ccnnc2)cccc1C(Nc1cc(Cl)c2ncc(C#N)c(NCC(C)(C)C)c2c1)c1cn(C2(C(F)(F)F)CC2)nn1. The summed E-state index contributed by atoms with van der Waals surface area (Å²) in [6.45, 7) is 8.76. The van der Waals surface area contributed by atoms with Gasteiger partial charge in [-0.05, 0) is 60.1 Å². The molecule has 1 saturated carbocycles. The van der Waals surface area contributed by atoms with E-state index < -0.39 is 17.8 Å². The topological polar surface area (TPSA) is 117 Å². The molecule has 236 valence electrons. The van der Waals surface area contributed by atoms with E-state index >= 15 is 0 Å². The molecule has 3 aromatic heterocycles. The van der Waals surface area contributed by atoms with Crippen molar-refractivity contribution in [2.75, 3.05) is 17.2 Å². The number of rotatable bonds is 8. The fourth-order valence-corrected chi connectivity index (χ4v) is 5.83. The first kappa shape index (κ1) is 31.2. The molecule has 0 radical (unpaired) electrons. The number of anilines is 2. The van der Waals surface area contributed by atoms with E-state index in [1.54, 1.807) is 18.5 Å². The first-order valence-electron chi connectivity index (χ1n) is 14.7. The third-order valence-corrected chi connectivity index (χ3v) is 8.52. The molecule has 1 unspecified atom stereocenters. The number of hydrogen-bond donors (Lipinski definition) is 2. The van der Waals surface area contributed by atoms with Gasteiger partial charge in [0.05, 0.1) is 46.4 Å². The van der Waals surface area contributed by atoms with Crippen molar-refractivity contribution in [3.63, 3.8) is 0 Å². The average molecular weight is 646 g/mol. The Bertz CT molecular complexity index is 1960. The molecule has 9 nitrogen and oxygen atoms in total. The second-order valence-corrected chi connectivity index (χ2v) is 13.2. The summed E-state index contributed by atoms with van der Waals surface area (Å²) in [6.07, 6.45) is 1.54. The third-order valence-electron chi connectivity index (χ3n) is 8.23. The molecule has 13 heteroatoms. The molecule has 5 aromatic rings. The van der Waals surface area contributed by atoms with Gasteiger partial charge in [-0.3, -0.25) is 4.98 Å². The predicted octanol–water partition coefficient (Wildman–Crippen LogP) is 7.83. The molecule has 0 bridgehead atoms. The largest absolute Gasteiger partial charge is 0.413 e. The number of fused-ring (bicyclic) bond motifs is 1. The van der Waals surface area contributed by atoms with Crippen LogP contribution in [0.5, 0.6) is 0 Å². The molecular weight excluding hydrogens is 615 g/mol. The standard InChI is InChI=1S/C33H31ClF3N9/c1-19-23(20-8-11-41-42-16-20)6-5-7-24(19)30(27-17-46(45-44-27)32(9-10-32)33(35,36)37)43-22-12-25-28(40-18-31(2,3)4)21(14-38)15-39-29(25)26(34)13-22/h5-8,11-13,15-17,30,43H,9-10,18H2,1-4H3,(H,39,40). The van der Waals surface area contributed by atoms with Crippen LogP contribution in [0.3, 0.4) is 0 Å². The van der Waals surface area contributed by atoms with E-state index in [2.05, 4.69) is 63.0 Å². The van der Waals surface area contributed by atoms with Crippen LogP contribution in [0.4, 0.5) is 24.5 Å². The van der Waals surface area contributed by atoms with Crippen molar-refractivity contribution in [1.82, 2.24) is 30.2 Å². The van der Waals surface area contributed by atoms with Crippen molar-refractivity contribution in [1.29, 1.82) is 5.26 Å². The van der Waals surface area contributed by atoms with Crippen LogP contribution in [0, 0.1) is 23.7 Å². The molecule has 1 aliphatic rings. The zero-order chi connectivity index (χ0) is 32.9. The summed E-state index contributed by atoms with van der Waals surface area (Å²) >= 11 is 6.77. The van der Waals surface area contributed by atoms with Gasteiger partial charge in [0.2, 0.25) is 0 Å². The molecule has 2 aromatic carbocycles. The number of nitrogens with zero attached hydrogens (tertiary/aromatic N) is 7. The fourth-order valence-electron chi connectivity index (χ4n) is 5.56. The maximum atomic E-state index is 14.0. The first-order valence-corrected chi connectivity index (χ1v) is 15.1. The molecule has 2 N–H and O–H groups in total. The summed E-state index contributed by atoms with van der Waals surface area (Å²) in [5, 5.41) is 33.9. The van der Waals surface area contributed by atoms with Gasteiger partial charge in [-0.2, -0.15) is 28.6 Å². The predicted molar refractivity (Wildman–Crippen MR) is 170 cm³/mol. The van der Waals surface area contributed by atoms with E-state index in [0.717, 1.165) is 26.9 Å². The normalized spacial score (nSPS) is 14.9. The summed E-state index contributed by atoms with van der Waals surface area (Å²) in [5.41, 5.74) is 3.54.